The van der Waals surface area contributed by atoms with Gasteiger partial charge in [-0.05, 0) is 91.3 Å². The van der Waals surface area contributed by atoms with Gasteiger partial charge in [0, 0.05) is 7.11 Å². The maximum absolute atomic E-state index is 10.3. The molecule has 0 heterocycles. The number of aliphatic hydroxyl groups is 1. The Hall–Kier alpha value is -0.340. The third kappa shape index (κ3) is 5.64. The number of aliphatic hydroxyl groups excluding tert-OH is 1. The van der Waals surface area contributed by atoms with Gasteiger partial charge in [-0.3, -0.25) is 0 Å². The van der Waals surface area contributed by atoms with Crippen molar-refractivity contribution in [3.63, 3.8) is 0 Å². The number of ether oxygens (including phenoxy) is 1. The van der Waals surface area contributed by atoms with E-state index in [1.165, 1.54) is 50.5 Å². The first-order chi connectivity index (χ1) is 16.2. The summed E-state index contributed by atoms with van der Waals surface area (Å²) in [6.07, 6.45) is 15.4. The SMILES string of the molecule is CC.CC.COC1C=C2CC(O)CCC2(C)C2CCC3(C)C(CCC3[C@H](C)CCCC(C)C)C12. The van der Waals surface area contributed by atoms with Crippen LogP contribution < -0.4 is 0 Å². The van der Waals surface area contributed by atoms with Crippen molar-refractivity contribution in [2.24, 2.45) is 46.3 Å². The van der Waals surface area contributed by atoms with Crippen LogP contribution in [0.4, 0.5) is 0 Å². The summed E-state index contributed by atoms with van der Waals surface area (Å²) in [5.41, 5.74) is 2.29. The molecule has 9 atom stereocenters. The normalized spacial score (nSPS) is 41.6. The zero-order valence-corrected chi connectivity index (χ0v) is 24.6. The van der Waals surface area contributed by atoms with E-state index in [2.05, 4.69) is 40.7 Å². The van der Waals surface area contributed by atoms with E-state index in [0.717, 1.165) is 48.9 Å². The van der Waals surface area contributed by atoms with E-state index in [-0.39, 0.29) is 12.2 Å². The summed E-state index contributed by atoms with van der Waals surface area (Å²) >= 11 is 0. The fourth-order valence-corrected chi connectivity index (χ4v) is 8.85. The van der Waals surface area contributed by atoms with E-state index in [4.69, 9.17) is 4.74 Å². The lowest BCUT2D eigenvalue weighted by Crippen LogP contribution is -2.55. The molecule has 0 aliphatic heterocycles. The summed E-state index contributed by atoms with van der Waals surface area (Å²) in [6, 6.07) is 0. The molecule has 0 spiro atoms. The molecule has 0 aromatic carbocycles. The maximum Gasteiger partial charge on any atom is 0.0788 e. The first-order valence-electron chi connectivity index (χ1n) is 15.1. The minimum Gasteiger partial charge on any atom is -0.393 e. The largest absolute Gasteiger partial charge is 0.393 e. The van der Waals surface area contributed by atoms with Crippen LogP contribution >= 0.6 is 0 Å². The highest BCUT2D eigenvalue weighted by molar-refractivity contribution is 5.28. The molecule has 4 rings (SSSR count). The van der Waals surface area contributed by atoms with E-state index in [1.807, 2.05) is 34.8 Å². The van der Waals surface area contributed by atoms with Gasteiger partial charge in [0.1, 0.15) is 0 Å². The lowest BCUT2D eigenvalue weighted by atomic mass is 9.46. The lowest BCUT2D eigenvalue weighted by Gasteiger charge is -2.60. The first-order valence-corrected chi connectivity index (χ1v) is 15.1. The Morgan fingerprint density at radius 3 is 2.24 bits per heavy atom. The molecule has 0 aromatic heterocycles. The Kier molecular flexibility index (Phi) is 11.2. The van der Waals surface area contributed by atoms with Crippen molar-refractivity contribution in [3.8, 4) is 0 Å². The van der Waals surface area contributed by atoms with Gasteiger partial charge in [-0.15, -0.1) is 0 Å². The van der Waals surface area contributed by atoms with Crippen molar-refractivity contribution in [1.82, 2.24) is 0 Å². The third-order valence-electron chi connectivity index (χ3n) is 10.6. The van der Waals surface area contributed by atoms with Crippen molar-refractivity contribution < 1.29 is 9.84 Å². The number of methoxy groups -OCH3 is 1. The van der Waals surface area contributed by atoms with Gasteiger partial charge in [-0.1, -0.05) is 93.2 Å². The zero-order valence-electron chi connectivity index (χ0n) is 24.6. The van der Waals surface area contributed by atoms with E-state index in [9.17, 15) is 5.11 Å². The number of hydrogen-bond acceptors (Lipinski definition) is 2. The predicted octanol–water partition coefficient (Wildman–Crippen LogP) is 9.07. The van der Waals surface area contributed by atoms with Gasteiger partial charge < -0.3 is 9.84 Å². The molecule has 34 heavy (non-hydrogen) atoms. The van der Waals surface area contributed by atoms with E-state index >= 15 is 0 Å². The van der Waals surface area contributed by atoms with Crippen molar-refractivity contribution >= 4 is 0 Å². The summed E-state index contributed by atoms with van der Waals surface area (Å²) in [7, 11) is 1.92. The predicted molar refractivity (Wildman–Crippen MR) is 148 cm³/mol. The molecular weight excluding hydrogens is 416 g/mol. The summed E-state index contributed by atoms with van der Waals surface area (Å²) in [4.78, 5) is 0. The summed E-state index contributed by atoms with van der Waals surface area (Å²) in [5.74, 6) is 4.79. The Bertz CT molecular complexity index is 639. The molecule has 3 fully saturated rings. The van der Waals surface area contributed by atoms with Crippen LogP contribution in [0.15, 0.2) is 11.6 Å². The quantitative estimate of drug-likeness (QED) is 0.387. The van der Waals surface area contributed by atoms with Gasteiger partial charge in [-0.25, -0.2) is 0 Å². The van der Waals surface area contributed by atoms with Crippen molar-refractivity contribution in [2.75, 3.05) is 7.11 Å². The molecule has 2 heteroatoms. The van der Waals surface area contributed by atoms with Crippen LogP contribution in [0.25, 0.3) is 0 Å². The summed E-state index contributed by atoms with van der Waals surface area (Å²) in [6.45, 7) is 20.5. The fourth-order valence-electron chi connectivity index (χ4n) is 8.85. The van der Waals surface area contributed by atoms with Crippen LogP contribution in [0, 0.1) is 46.3 Å². The molecule has 0 bridgehead atoms. The second kappa shape index (κ2) is 12.8. The second-order valence-corrected chi connectivity index (χ2v) is 12.5. The smallest absolute Gasteiger partial charge is 0.0788 e. The van der Waals surface area contributed by atoms with Crippen LogP contribution in [-0.4, -0.2) is 24.4 Å². The molecule has 0 aromatic rings. The van der Waals surface area contributed by atoms with Gasteiger partial charge in [0.25, 0.3) is 0 Å². The maximum atomic E-state index is 10.3. The molecule has 0 saturated heterocycles. The van der Waals surface area contributed by atoms with E-state index in [1.54, 1.807) is 0 Å². The molecule has 4 aliphatic carbocycles. The number of hydrogen-bond donors (Lipinski definition) is 1. The molecule has 3 saturated carbocycles. The van der Waals surface area contributed by atoms with Crippen LogP contribution in [0.5, 0.6) is 0 Å². The summed E-state index contributed by atoms with van der Waals surface area (Å²) in [5, 5.41) is 10.3. The highest BCUT2D eigenvalue weighted by Crippen LogP contribution is 2.67. The monoisotopic (exact) mass is 476 g/mol. The molecule has 8 unspecified atom stereocenters. The molecule has 200 valence electrons. The zero-order chi connectivity index (χ0) is 25.7. The minimum atomic E-state index is -0.144. The fraction of sp³-hybridized carbons (Fsp3) is 0.938. The average molecular weight is 477 g/mol. The van der Waals surface area contributed by atoms with Crippen LogP contribution in [0.1, 0.15) is 127 Å². The van der Waals surface area contributed by atoms with Gasteiger partial charge in [0.2, 0.25) is 0 Å². The number of fused-ring (bicyclic) bond motifs is 5. The van der Waals surface area contributed by atoms with Gasteiger partial charge in [0.15, 0.2) is 0 Å². The Balaban J connectivity index is 0.000000970. The Morgan fingerprint density at radius 1 is 0.941 bits per heavy atom. The second-order valence-electron chi connectivity index (χ2n) is 12.5. The molecule has 1 N–H and O–H groups in total. The molecule has 0 radical (unpaired) electrons. The highest BCUT2D eigenvalue weighted by Gasteiger charge is 2.61. The molecule has 0 amide bonds. The molecule has 4 aliphatic rings. The minimum absolute atomic E-state index is 0.144. The average Bonchev–Trinajstić information content (AvgIpc) is 3.18. The Morgan fingerprint density at radius 2 is 1.62 bits per heavy atom. The van der Waals surface area contributed by atoms with E-state index in [0.29, 0.717) is 16.7 Å². The van der Waals surface area contributed by atoms with E-state index < -0.39 is 0 Å². The number of rotatable bonds is 6. The van der Waals surface area contributed by atoms with Crippen molar-refractivity contribution in [1.29, 1.82) is 0 Å². The Labute approximate surface area is 213 Å². The standard InChI is InChI=1S/C28H48O2.2C2H6/c1-18(2)8-7-9-19(3)22-10-11-23-26-24(13-15-28(22,23)5)27(4)14-12-21(29)16-20(27)17-25(26)30-6;2*1-2/h17-19,21-26,29H,7-16H2,1-6H3;2*1-2H3/t19-,21?,22?,23?,24?,25?,26?,27?,28?;;/m1../s1. The van der Waals surface area contributed by atoms with Crippen molar-refractivity contribution in [2.45, 2.75) is 139 Å². The van der Waals surface area contributed by atoms with Crippen molar-refractivity contribution in [3.05, 3.63) is 11.6 Å². The van der Waals surface area contributed by atoms with Gasteiger partial charge in [-0.2, -0.15) is 0 Å². The first kappa shape index (κ1) is 29.9. The van der Waals surface area contributed by atoms with Crippen LogP contribution in [0.2, 0.25) is 0 Å². The summed E-state index contributed by atoms with van der Waals surface area (Å²) < 4.78 is 6.17. The topological polar surface area (TPSA) is 29.5 Å². The molecule has 2 nitrogen and oxygen atoms in total. The van der Waals surface area contributed by atoms with Crippen LogP contribution in [0.3, 0.4) is 0 Å². The lowest BCUT2D eigenvalue weighted by molar-refractivity contribution is -0.106. The van der Waals surface area contributed by atoms with Crippen LogP contribution in [-0.2, 0) is 4.74 Å². The van der Waals surface area contributed by atoms with Gasteiger partial charge in [0.05, 0.1) is 12.2 Å². The van der Waals surface area contributed by atoms with Gasteiger partial charge >= 0.3 is 0 Å². The molecular formula is C32H60O2. The highest BCUT2D eigenvalue weighted by atomic mass is 16.5. The third-order valence-corrected chi connectivity index (χ3v) is 10.6.